The minimum atomic E-state index is 0.0979. The monoisotopic (exact) mass is 201 g/mol. The number of carbonyl (C=O) groups is 1. The molecule has 0 aliphatic heterocycles. The summed E-state index contributed by atoms with van der Waals surface area (Å²) in [7, 11) is 0. The number of Topliss-reactive ketones (excluding diaryl/α,β-unsaturated/α-hetero) is 1. The van der Waals surface area contributed by atoms with Gasteiger partial charge >= 0.3 is 0 Å². The number of H-pyrrole nitrogens is 1. The van der Waals surface area contributed by atoms with Crippen molar-refractivity contribution in [3.63, 3.8) is 0 Å². The van der Waals surface area contributed by atoms with E-state index in [0.29, 0.717) is 0 Å². The van der Waals surface area contributed by atoms with Gasteiger partial charge in [-0.1, -0.05) is 6.07 Å². The summed E-state index contributed by atoms with van der Waals surface area (Å²) >= 11 is 0. The Kier molecular flexibility index (Phi) is 2.14. The molecule has 0 bridgehead atoms. The Hall–Kier alpha value is -1.57. The molecule has 1 heterocycles. The summed E-state index contributed by atoms with van der Waals surface area (Å²) in [4.78, 5) is 14.6. The highest BCUT2D eigenvalue weighted by Gasteiger charge is 2.12. The van der Waals surface area contributed by atoms with Gasteiger partial charge in [0.15, 0.2) is 5.78 Å². The van der Waals surface area contributed by atoms with Crippen LogP contribution < -0.4 is 0 Å². The number of aromatic amines is 1. The van der Waals surface area contributed by atoms with Crippen LogP contribution in [-0.4, -0.2) is 10.8 Å². The second kappa shape index (κ2) is 3.23. The molecule has 2 aromatic rings. The maximum Gasteiger partial charge on any atom is 0.176 e. The highest BCUT2D eigenvalue weighted by Crippen LogP contribution is 2.26. The largest absolute Gasteiger partial charge is 0.352 e. The first kappa shape index (κ1) is 9.97. The van der Waals surface area contributed by atoms with Crippen molar-refractivity contribution >= 4 is 16.7 Å². The summed E-state index contributed by atoms with van der Waals surface area (Å²) in [5.74, 6) is 0.0979. The maximum atomic E-state index is 11.4. The third-order valence-electron chi connectivity index (χ3n) is 2.84. The molecule has 1 N–H and O–H groups in total. The maximum absolute atomic E-state index is 11.4. The highest BCUT2D eigenvalue weighted by atomic mass is 16.1. The lowest BCUT2D eigenvalue weighted by molar-refractivity contribution is 0.101. The highest BCUT2D eigenvalue weighted by molar-refractivity contribution is 6.01. The van der Waals surface area contributed by atoms with Crippen molar-refractivity contribution in [2.75, 3.05) is 0 Å². The van der Waals surface area contributed by atoms with Gasteiger partial charge in [0.05, 0.1) is 5.69 Å². The van der Waals surface area contributed by atoms with Crippen LogP contribution in [0.1, 0.15) is 34.1 Å². The molecule has 15 heavy (non-hydrogen) atoms. The van der Waals surface area contributed by atoms with Crippen LogP contribution in [0.3, 0.4) is 0 Å². The number of aromatic nitrogens is 1. The van der Waals surface area contributed by atoms with Gasteiger partial charge in [0.25, 0.3) is 0 Å². The zero-order valence-electron chi connectivity index (χ0n) is 9.56. The number of hydrogen-bond donors (Lipinski definition) is 1. The molecule has 0 atom stereocenters. The van der Waals surface area contributed by atoms with Gasteiger partial charge in [-0.2, -0.15) is 0 Å². The Labute approximate surface area is 89.3 Å². The van der Waals surface area contributed by atoms with Gasteiger partial charge in [-0.05, 0) is 43.5 Å². The fraction of sp³-hybridized carbons (Fsp3) is 0.308. The zero-order chi connectivity index (χ0) is 11.2. The smallest absolute Gasteiger partial charge is 0.176 e. The topological polar surface area (TPSA) is 32.9 Å². The molecule has 0 aliphatic carbocycles. The molecule has 0 saturated heterocycles. The van der Waals surface area contributed by atoms with Gasteiger partial charge in [0.1, 0.15) is 0 Å². The average molecular weight is 201 g/mol. The van der Waals surface area contributed by atoms with Crippen molar-refractivity contribution in [1.82, 2.24) is 4.98 Å². The molecule has 1 aromatic carbocycles. The van der Waals surface area contributed by atoms with E-state index in [1.165, 1.54) is 16.5 Å². The Bertz CT molecular complexity index is 549. The molecule has 0 aliphatic rings. The van der Waals surface area contributed by atoms with Crippen molar-refractivity contribution in [3.8, 4) is 0 Å². The molecule has 0 saturated carbocycles. The Morgan fingerprint density at radius 1 is 1.20 bits per heavy atom. The number of hydrogen-bond acceptors (Lipinski definition) is 1. The second-order valence-corrected chi connectivity index (χ2v) is 4.19. The number of nitrogens with one attached hydrogen (secondary N) is 1. The third-order valence-corrected chi connectivity index (χ3v) is 2.84. The molecule has 0 fully saturated rings. The molecule has 0 radical (unpaired) electrons. The Morgan fingerprint density at radius 3 is 2.47 bits per heavy atom. The summed E-state index contributed by atoms with van der Waals surface area (Å²) in [6.07, 6.45) is 0. The van der Waals surface area contributed by atoms with Gasteiger partial charge in [-0.25, -0.2) is 0 Å². The predicted octanol–water partition coefficient (Wildman–Crippen LogP) is 3.30. The van der Waals surface area contributed by atoms with E-state index in [-0.39, 0.29) is 5.78 Å². The van der Waals surface area contributed by atoms with E-state index in [0.717, 1.165) is 16.8 Å². The van der Waals surface area contributed by atoms with E-state index in [2.05, 4.69) is 31.0 Å². The number of ketones is 1. The summed E-state index contributed by atoms with van der Waals surface area (Å²) in [6, 6.07) is 4.23. The van der Waals surface area contributed by atoms with Gasteiger partial charge in [0.2, 0.25) is 0 Å². The fourth-order valence-corrected chi connectivity index (χ4v) is 2.27. The first-order valence-electron chi connectivity index (χ1n) is 5.11. The fourth-order valence-electron chi connectivity index (χ4n) is 2.27. The van der Waals surface area contributed by atoms with E-state index < -0.39 is 0 Å². The summed E-state index contributed by atoms with van der Waals surface area (Å²) in [5, 5.41) is 1.19. The lowest BCUT2D eigenvalue weighted by Crippen LogP contribution is -1.93. The van der Waals surface area contributed by atoms with Gasteiger partial charge in [0, 0.05) is 17.8 Å². The van der Waals surface area contributed by atoms with Crippen molar-refractivity contribution in [2.24, 2.45) is 0 Å². The van der Waals surface area contributed by atoms with Crippen LogP contribution in [0.15, 0.2) is 12.1 Å². The number of rotatable bonds is 1. The summed E-state index contributed by atoms with van der Waals surface area (Å²) in [6.45, 7) is 7.74. The Morgan fingerprint density at radius 2 is 1.87 bits per heavy atom. The molecule has 1 aromatic heterocycles. The average Bonchev–Trinajstić information content (AvgIpc) is 2.42. The second-order valence-electron chi connectivity index (χ2n) is 4.19. The molecular formula is C13H15NO. The van der Waals surface area contributed by atoms with Crippen molar-refractivity contribution in [3.05, 3.63) is 34.5 Å². The molecule has 0 spiro atoms. The lowest BCUT2D eigenvalue weighted by Gasteiger charge is -1.99. The SMILES string of the molecule is CC(=O)c1[nH]c2cc(C)cc(C)c2c1C. The molecule has 2 nitrogen and oxygen atoms in total. The molecular weight excluding hydrogens is 186 g/mol. The number of fused-ring (bicyclic) bond motifs is 1. The minimum Gasteiger partial charge on any atom is -0.352 e. The van der Waals surface area contributed by atoms with Gasteiger partial charge in [-0.3, -0.25) is 4.79 Å². The predicted molar refractivity (Wildman–Crippen MR) is 62.5 cm³/mol. The van der Waals surface area contributed by atoms with Crippen molar-refractivity contribution in [1.29, 1.82) is 0 Å². The normalized spacial score (nSPS) is 10.9. The van der Waals surface area contributed by atoms with Crippen molar-refractivity contribution in [2.45, 2.75) is 27.7 Å². The number of benzene rings is 1. The van der Waals surface area contributed by atoms with E-state index in [1.807, 2.05) is 6.92 Å². The summed E-state index contributed by atoms with van der Waals surface area (Å²) in [5.41, 5.74) is 5.31. The molecule has 78 valence electrons. The standard InChI is InChI=1S/C13H15NO/c1-7-5-8(2)12-9(3)13(10(4)15)14-11(12)6-7/h5-6,14H,1-4H3. The number of carbonyl (C=O) groups excluding carboxylic acids is 1. The van der Waals surface area contributed by atoms with Crippen LogP contribution >= 0.6 is 0 Å². The van der Waals surface area contributed by atoms with Crippen LogP contribution in [-0.2, 0) is 0 Å². The molecule has 2 heteroatoms. The molecule has 0 unspecified atom stereocenters. The third kappa shape index (κ3) is 1.46. The first-order chi connectivity index (χ1) is 7.00. The van der Waals surface area contributed by atoms with Crippen LogP contribution in [0.25, 0.3) is 10.9 Å². The lowest BCUT2D eigenvalue weighted by atomic mass is 10.0. The molecule has 2 rings (SSSR count). The molecule has 0 amide bonds. The van der Waals surface area contributed by atoms with Crippen molar-refractivity contribution < 1.29 is 4.79 Å². The van der Waals surface area contributed by atoms with E-state index in [4.69, 9.17) is 0 Å². The van der Waals surface area contributed by atoms with E-state index in [9.17, 15) is 4.79 Å². The van der Waals surface area contributed by atoms with Gasteiger partial charge in [-0.15, -0.1) is 0 Å². The summed E-state index contributed by atoms with van der Waals surface area (Å²) < 4.78 is 0. The minimum absolute atomic E-state index is 0.0979. The van der Waals surface area contributed by atoms with E-state index >= 15 is 0 Å². The van der Waals surface area contributed by atoms with Crippen LogP contribution in [0.5, 0.6) is 0 Å². The van der Waals surface area contributed by atoms with Crippen LogP contribution in [0, 0.1) is 20.8 Å². The van der Waals surface area contributed by atoms with Gasteiger partial charge < -0.3 is 4.98 Å². The van der Waals surface area contributed by atoms with Crippen LogP contribution in [0.4, 0.5) is 0 Å². The number of aryl methyl sites for hydroxylation is 3. The first-order valence-corrected chi connectivity index (χ1v) is 5.11. The zero-order valence-corrected chi connectivity index (χ0v) is 9.56. The van der Waals surface area contributed by atoms with Crippen LogP contribution in [0.2, 0.25) is 0 Å². The van der Waals surface area contributed by atoms with E-state index in [1.54, 1.807) is 6.92 Å². The Balaban J connectivity index is 2.88. The quantitative estimate of drug-likeness (QED) is 0.705.